The maximum Gasteiger partial charge on any atom is 0.339 e. The number of aromatic nitrogens is 1. The zero-order chi connectivity index (χ0) is 10.0. The van der Waals surface area contributed by atoms with Gasteiger partial charge in [-0.3, -0.25) is 4.79 Å². The largest absolute Gasteiger partial charge is 0.502 e. The fourth-order valence-corrected chi connectivity index (χ4v) is 0.959. The van der Waals surface area contributed by atoms with Crippen LogP contribution in [-0.4, -0.2) is 21.2 Å². The second kappa shape index (κ2) is 3.30. The molecule has 0 aliphatic rings. The number of aromatic carboxylic acids is 1. The van der Waals surface area contributed by atoms with E-state index in [9.17, 15) is 9.59 Å². The molecule has 13 heavy (non-hydrogen) atoms. The summed E-state index contributed by atoms with van der Waals surface area (Å²) in [5, 5.41) is 17.7. The molecule has 3 N–H and O–H groups in total. The van der Waals surface area contributed by atoms with Crippen molar-refractivity contribution in [2.24, 2.45) is 0 Å². The number of aromatic amines is 1. The van der Waals surface area contributed by atoms with Crippen LogP contribution in [-0.2, 0) is 6.42 Å². The lowest BCUT2D eigenvalue weighted by Crippen LogP contribution is -2.13. The lowest BCUT2D eigenvalue weighted by Gasteiger charge is -2.01. The molecule has 0 spiro atoms. The van der Waals surface area contributed by atoms with E-state index in [1.165, 1.54) is 6.07 Å². The molecule has 0 aliphatic carbocycles. The Balaban J connectivity index is 3.42. The van der Waals surface area contributed by atoms with E-state index in [1.54, 1.807) is 6.92 Å². The highest BCUT2D eigenvalue weighted by Crippen LogP contribution is 2.11. The molecule has 1 rings (SSSR count). The highest BCUT2D eigenvalue weighted by atomic mass is 16.4. The van der Waals surface area contributed by atoms with Crippen LogP contribution in [0.5, 0.6) is 5.75 Å². The quantitative estimate of drug-likeness (QED) is 0.616. The van der Waals surface area contributed by atoms with Gasteiger partial charge >= 0.3 is 5.97 Å². The topological polar surface area (TPSA) is 90.4 Å². The molecule has 1 heterocycles. The predicted octanol–water partition coefficient (Wildman–Crippen LogP) is 0.341. The van der Waals surface area contributed by atoms with E-state index >= 15 is 0 Å². The minimum Gasteiger partial charge on any atom is -0.502 e. The van der Waals surface area contributed by atoms with Crippen LogP contribution in [0.1, 0.15) is 23.0 Å². The number of carboxylic acids is 1. The molecule has 1 aromatic heterocycles. The summed E-state index contributed by atoms with van der Waals surface area (Å²) in [6.45, 7) is 1.77. The zero-order valence-corrected chi connectivity index (χ0v) is 7.00. The average molecular weight is 183 g/mol. The molecule has 0 amide bonds. The van der Waals surface area contributed by atoms with Crippen molar-refractivity contribution in [1.29, 1.82) is 0 Å². The van der Waals surface area contributed by atoms with Crippen molar-refractivity contribution in [3.63, 3.8) is 0 Å². The third-order valence-electron chi connectivity index (χ3n) is 1.67. The highest BCUT2D eigenvalue weighted by Gasteiger charge is 2.13. The molecule has 5 nitrogen and oxygen atoms in total. The van der Waals surface area contributed by atoms with Gasteiger partial charge in [-0.15, -0.1) is 0 Å². The maximum absolute atomic E-state index is 11.0. The molecule has 5 heteroatoms. The van der Waals surface area contributed by atoms with Crippen LogP contribution >= 0.6 is 0 Å². The van der Waals surface area contributed by atoms with Crippen molar-refractivity contribution in [2.45, 2.75) is 13.3 Å². The first-order valence-electron chi connectivity index (χ1n) is 3.74. The Kier molecular flexibility index (Phi) is 2.36. The van der Waals surface area contributed by atoms with E-state index in [2.05, 4.69) is 4.98 Å². The summed E-state index contributed by atoms with van der Waals surface area (Å²) in [4.78, 5) is 23.8. The summed E-state index contributed by atoms with van der Waals surface area (Å²) in [5.41, 5.74) is -0.641. The Bertz CT molecular complexity index is 394. The van der Waals surface area contributed by atoms with E-state index in [0.29, 0.717) is 12.1 Å². The Morgan fingerprint density at radius 3 is 2.69 bits per heavy atom. The molecule has 0 saturated carbocycles. The average Bonchev–Trinajstić information content (AvgIpc) is 2.09. The fourth-order valence-electron chi connectivity index (χ4n) is 0.959. The number of rotatable bonds is 2. The van der Waals surface area contributed by atoms with Gasteiger partial charge in [0.1, 0.15) is 5.56 Å². The molecule has 0 bridgehead atoms. The van der Waals surface area contributed by atoms with Crippen molar-refractivity contribution in [3.8, 4) is 5.75 Å². The van der Waals surface area contributed by atoms with Crippen LogP contribution in [0.25, 0.3) is 0 Å². The van der Waals surface area contributed by atoms with Crippen molar-refractivity contribution >= 4 is 5.97 Å². The van der Waals surface area contributed by atoms with Gasteiger partial charge in [0.15, 0.2) is 5.75 Å². The zero-order valence-electron chi connectivity index (χ0n) is 7.00. The number of H-pyrrole nitrogens is 1. The van der Waals surface area contributed by atoms with Crippen LogP contribution in [0.2, 0.25) is 0 Å². The molecule has 70 valence electrons. The Labute approximate surface area is 73.7 Å². The highest BCUT2D eigenvalue weighted by molar-refractivity contribution is 5.90. The van der Waals surface area contributed by atoms with E-state index in [4.69, 9.17) is 10.2 Å². The summed E-state index contributed by atoms with van der Waals surface area (Å²) >= 11 is 0. The van der Waals surface area contributed by atoms with Crippen LogP contribution in [0.15, 0.2) is 10.9 Å². The van der Waals surface area contributed by atoms with Crippen molar-refractivity contribution in [1.82, 2.24) is 4.98 Å². The molecule has 0 radical (unpaired) electrons. The number of carbonyl (C=O) groups is 1. The second-order valence-electron chi connectivity index (χ2n) is 2.54. The second-order valence-corrected chi connectivity index (χ2v) is 2.54. The number of hydrogen-bond donors (Lipinski definition) is 3. The molecular weight excluding hydrogens is 174 g/mol. The third kappa shape index (κ3) is 1.69. The maximum atomic E-state index is 11.0. The molecule has 0 unspecified atom stereocenters. The molecule has 0 saturated heterocycles. The number of carboxylic acid groups (broad SMARTS) is 1. The molecular formula is C8H9NO4. The minimum absolute atomic E-state index is 0.361. The van der Waals surface area contributed by atoms with E-state index in [0.717, 1.165) is 0 Å². The summed E-state index contributed by atoms with van der Waals surface area (Å²) in [6, 6.07) is 1.25. The van der Waals surface area contributed by atoms with E-state index in [1.807, 2.05) is 0 Å². The molecule has 0 aromatic carbocycles. The van der Waals surface area contributed by atoms with Gasteiger partial charge < -0.3 is 15.2 Å². The van der Waals surface area contributed by atoms with Gasteiger partial charge in [-0.25, -0.2) is 4.79 Å². The predicted molar refractivity (Wildman–Crippen MR) is 45.1 cm³/mol. The lowest BCUT2D eigenvalue weighted by atomic mass is 10.2. The van der Waals surface area contributed by atoms with Gasteiger partial charge in [0.25, 0.3) is 5.56 Å². The first-order valence-corrected chi connectivity index (χ1v) is 3.74. The van der Waals surface area contributed by atoms with Gasteiger partial charge in [-0.05, 0) is 12.5 Å². The van der Waals surface area contributed by atoms with E-state index in [-0.39, 0.29) is 5.56 Å². The van der Waals surface area contributed by atoms with Crippen LogP contribution < -0.4 is 5.56 Å². The number of aryl methyl sites for hydroxylation is 1. The number of nitrogens with one attached hydrogen (secondary N) is 1. The summed E-state index contributed by atoms with van der Waals surface area (Å²) < 4.78 is 0. The minimum atomic E-state index is -1.31. The first-order chi connectivity index (χ1) is 6.06. The lowest BCUT2D eigenvalue weighted by molar-refractivity contribution is 0.0693. The van der Waals surface area contributed by atoms with Gasteiger partial charge in [0.05, 0.1) is 0 Å². The Morgan fingerprint density at radius 2 is 2.23 bits per heavy atom. The fraction of sp³-hybridized carbons (Fsp3) is 0.250. The van der Waals surface area contributed by atoms with E-state index < -0.39 is 17.3 Å². The Hall–Kier alpha value is -1.78. The summed E-state index contributed by atoms with van der Waals surface area (Å²) in [7, 11) is 0. The third-order valence-corrected chi connectivity index (χ3v) is 1.67. The van der Waals surface area contributed by atoms with Crippen molar-refractivity contribution in [2.75, 3.05) is 0 Å². The number of hydrogen-bond acceptors (Lipinski definition) is 3. The molecule has 1 aromatic rings. The van der Waals surface area contributed by atoms with Crippen LogP contribution in [0.3, 0.4) is 0 Å². The van der Waals surface area contributed by atoms with Gasteiger partial charge in [0, 0.05) is 5.69 Å². The van der Waals surface area contributed by atoms with Crippen molar-refractivity contribution in [3.05, 3.63) is 27.7 Å². The Morgan fingerprint density at radius 1 is 1.62 bits per heavy atom. The van der Waals surface area contributed by atoms with Gasteiger partial charge in [0.2, 0.25) is 0 Å². The standard InChI is InChI=1S/C8H9NO4/c1-2-4-3-5(8(12)13)6(10)7(11)9-4/h3,10H,2H2,1H3,(H,9,11)(H,12,13). The smallest absolute Gasteiger partial charge is 0.339 e. The first kappa shape index (κ1) is 9.31. The molecule has 0 atom stereocenters. The number of pyridine rings is 1. The molecule has 0 aliphatic heterocycles. The van der Waals surface area contributed by atoms with Gasteiger partial charge in [-0.2, -0.15) is 0 Å². The van der Waals surface area contributed by atoms with Crippen molar-refractivity contribution < 1.29 is 15.0 Å². The van der Waals surface area contributed by atoms with Crippen LogP contribution in [0, 0.1) is 0 Å². The number of aromatic hydroxyl groups is 1. The van der Waals surface area contributed by atoms with Gasteiger partial charge in [-0.1, -0.05) is 6.92 Å². The summed E-state index contributed by atoms with van der Waals surface area (Å²) in [6.07, 6.45) is 0.510. The summed E-state index contributed by atoms with van der Waals surface area (Å²) in [5.74, 6) is -2.05. The molecule has 0 fully saturated rings. The SMILES string of the molecule is CCc1cc(C(=O)O)c(O)c(=O)[nH]1. The monoisotopic (exact) mass is 183 g/mol. The van der Waals surface area contributed by atoms with Crippen LogP contribution in [0.4, 0.5) is 0 Å². The normalized spacial score (nSPS) is 9.92.